The number of amides is 2. The number of methoxy groups -OCH3 is 1. The minimum Gasteiger partial charge on any atom is -0.496 e. The Morgan fingerprint density at radius 2 is 2.15 bits per heavy atom. The lowest BCUT2D eigenvalue weighted by Crippen LogP contribution is -2.32. The monoisotopic (exact) mass is 339 g/mol. The van der Waals surface area contributed by atoms with Crippen molar-refractivity contribution in [1.29, 1.82) is 0 Å². The van der Waals surface area contributed by atoms with Crippen LogP contribution in [0.25, 0.3) is 0 Å². The minimum atomic E-state index is -0.235. The Kier molecular flexibility index (Phi) is 4.48. The van der Waals surface area contributed by atoms with E-state index >= 15 is 0 Å². The molecule has 0 spiro atoms. The van der Waals surface area contributed by atoms with Crippen molar-refractivity contribution in [3.63, 3.8) is 0 Å². The molecule has 5 heteroatoms. The van der Waals surface area contributed by atoms with Crippen molar-refractivity contribution in [2.75, 3.05) is 13.7 Å². The highest BCUT2D eigenvalue weighted by Gasteiger charge is 2.35. The van der Waals surface area contributed by atoms with Crippen LogP contribution < -0.4 is 4.74 Å². The first kappa shape index (κ1) is 15.0. The molecular weight excluding hydrogens is 322 g/mol. The maximum absolute atomic E-state index is 12.4. The number of benzene rings is 1. The molecule has 1 saturated heterocycles. The number of hydrogen-bond acceptors (Lipinski definition) is 3. The van der Waals surface area contributed by atoms with Crippen molar-refractivity contribution in [1.82, 2.24) is 4.90 Å². The van der Waals surface area contributed by atoms with Crippen LogP contribution >= 0.6 is 15.9 Å². The summed E-state index contributed by atoms with van der Waals surface area (Å²) in [7, 11) is 1.57. The lowest BCUT2D eigenvalue weighted by Gasteiger charge is -2.17. The van der Waals surface area contributed by atoms with Gasteiger partial charge in [0.05, 0.1) is 11.6 Å². The Morgan fingerprint density at radius 3 is 2.65 bits per heavy atom. The Labute approximate surface area is 127 Å². The summed E-state index contributed by atoms with van der Waals surface area (Å²) in [6.45, 7) is 4.67. The molecule has 4 nitrogen and oxygen atoms in total. The van der Waals surface area contributed by atoms with Crippen LogP contribution in [0.4, 0.5) is 0 Å². The number of imide groups is 1. The molecule has 108 valence electrons. The first-order valence-electron chi connectivity index (χ1n) is 6.62. The van der Waals surface area contributed by atoms with Gasteiger partial charge in [0.2, 0.25) is 5.91 Å². The van der Waals surface area contributed by atoms with Crippen LogP contribution in [0, 0.1) is 11.8 Å². The van der Waals surface area contributed by atoms with E-state index in [9.17, 15) is 9.59 Å². The van der Waals surface area contributed by atoms with Crippen molar-refractivity contribution >= 4 is 27.7 Å². The van der Waals surface area contributed by atoms with Gasteiger partial charge in [-0.15, -0.1) is 0 Å². The van der Waals surface area contributed by atoms with Crippen LogP contribution in [0.2, 0.25) is 0 Å². The van der Waals surface area contributed by atoms with E-state index in [1.54, 1.807) is 25.3 Å². The molecule has 0 aliphatic carbocycles. The number of ether oxygens (including phenoxy) is 1. The molecule has 1 heterocycles. The Balaban J connectivity index is 2.19. The van der Waals surface area contributed by atoms with Gasteiger partial charge in [-0.25, -0.2) is 0 Å². The molecule has 0 bridgehead atoms. The fourth-order valence-electron chi connectivity index (χ4n) is 2.33. The maximum Gasteiger partial charge on any atom is 0.260 e. The van der Waals surface area contributed by atoms with E-state index < -0.39 is 0 Å². The molecule has 1 aliphatic heterocycles. The Bertz CT molecular complexity index is 542. The molecule has 2 amide bonds. The van der Waals surface area contributed by atoms with E-state index in [2.05, 4.69) is 29.8 Å². The molecule has 0 radical (unpaired) electrons. The highest BCUT2D eigenvalue weighted by Crippen LogP contribution is 2.29. The largest absolute Gasteiger partial charge is 0.496 e. The van der Waals surface area contributed by atoms with Gasteiger partial charge in [-0.05, 0) is 46.0 Å². The van der Waals surface area contributed by atoms with Gasteiger partial charge in [-0.3, -0.25) is 14.5 Å². The second-order valence-corrected chi connectivity index (χ2v) is 6.22. The lowest BCUT2D eigenvalue weighted by atomic mass is 9.95. The summed E-state index contributed by atoms with van der Waals surface area (Å²) in [5.41, 5.74) is 0.496. The summed E-state index contributed by atoms with van der Waals surface area (Å²) in [5, 5.41) is 0. The standard InChI is InChI=1S/C15H18BrNO3/c1-9(2)11-7-14(18)17(8-11)15(19)10-4-5-13(20-3)12(16)6-10/h4-6,9,11H,7-8H2,1-3H3. The number of rotatable bonds is 3. The van der Waals surface area contributed by atoms with Gasteiger partial charge in [0.1, 0.15) is 5.75 Å². The molecule has 0 N–H and O–H groups in total. The predicted molar refractivity (Wildman–Crippen MR) is 79.7 cm³/mol. The fraction of sp³-hybridized carbons (Fsp3) is 0.467. The Morgan fingerprint density at radius 1 is 1.45 bits per heavy atom. The Hall–Kier alpha value is -1.36. The lowest BCUT2D eigenvalue weighted by molar-refractivity contribution is -0.125. The normalized spacial score (nSPS) is 18.8. The van der Waals surface area contributed by atoms with E-state index in [4.69, 9.17) is 4.74 Å². The van der Waals surface area contributed by atoms with E-state index in [1.807, 2.05) is 0 Å². The second-order valence-electron chi connectivity index (χ2n) is 5.37. The van der Waals surface area contributed by atoms with Gasteiger partial charge in [0.25, 0.3) is 5.91 Å². The summed E-state index contributed by atoms with van der Waals surface area (Å²) in [6, 6.07) is 5.09. The van der Waals surface area contributed by atoms with Crippen molar-refractivity contribution in [3.05, 3.63) is 28.2 Å². The topological polar surface area (TPSA) is 46.6 Å². The van der Waals surface area contributed by atoms with E-state index in [1.165, 1.54) is 4.90 Å². The summed E-state index contributed by atoms with van der Waals surface area (Å²) in [6.07, 6.45) is 0.459. The molecule has 1 aromatic carbocycles. The summed E-state index contributed by atoms with van der Waals surface area (Å²) >= 11 is 3.35. The van der Waals surface area contributed by atoms with Gasteiger partial charge >= 0.3 is 0 Å². The molecule has 0 saturated carbocycles. The van der Waals surface area contributed by atoms with Gasteiger partial charge < -0.3 is 4.74 Å². The fourth-order valence-corrected chi connectivity index (χ4v) is 2.87. The van der Waals surface area contributed by atoms with E-state index in [-0.39, 0.29) is 17.7 Å². The van der Waals surface area contributed by atoms with Crippen LogP contribution in [0.3, 0.4) is 0 Å². The average molecular weight is 340 g/mol. The minimum absolute atomic E-state index is 0.0827. The van der Waals surface area contributed by atoms with Crippen molar-refractivity contribution in [3.8, 4) is 5.75 Å². The number of likely N-dealkylation sites (tertiary alicyclic amines) is 1. The van der Waals surface area contributed by atoms with Gasteiger partial charge in [0.15, 0.2) is 0 Å². The first-order chi connectivity index (χ1) is 9.43. The molecule has 1 aliphatic rings. The molecule has 1 aromatic rings. The van der Waals surface area contributed by atoms with Crippen LogP contribution in [-0.2, 0) is 4.79 Å². The third kappa shape index (κ3) is 2.87. The molecule has 1 unspecified atom stereocenters. The molecule has 2 rings (SSSR count). The van der Waals surface area contributed by atoms with Crippen molar-refractivity contribution in [2.45, 2.75) is 20.3 Å². The quantitative estimate of drug-likeness (QED) is 0.795. The second kappa shape index (κ2) is 5.95. The van der Waals surface area contributed by atoms with E-state index in [0.29, 0.717) is 34.7 Å². The van der Waals surface area contributed by atoms with Crippen LogP contribution in [0.5, 0.6) is 5.75 Å². The zero-order valence-corrected chi connectivity index (χ0v) is 13.4. The van der Waals surface area contributed by atoms with Crippen molar-refractivity contribution in [2.24, 2.45) is 11.8 Å². The number of carbonyl (C=O) groups excluding carboxylic acids is 2. The molecular formula is C15H18BrNO3. The SMILES string of the molecule is COc1ccc(C(=O)N2CC(C(C)C)CC2=O)cc1Br. The summed E-state index contributed by atoms with van der Waals surface area (Å²) in [4.78, 5) is 25.8. The third-order valence-corrected chi connectivity index (χ3v) is 4.36. The first-order valence-corrected chi connectivity index (χ1v) is 7.41. The van der Waals surface area contributed by atoms with Crippen LogP contribution in [0.1, 0.15) is 30.6 Å². The summed E-state index contributed by atoms with van der Waals surface area (Å²) < 4.78 is 5.84. The number of carbonyl (C=O) groups is 2. The number of hydrogen-bond donors (Lipinski definition) is 0. The maximum atomic E-state index is 12.4. The molecule has 0 aromatic heterocycles. The zero-order valence-electron chi connectivity index (χ0n) is 11.9. The predicted octanol–water partition coefficient (Wildman–Crippen LogP) is 3.10. The third-order valence-electron chi connectivity index (χ3n) is 3.74. The van der Waals surface area contributed by atoms with Crippen LogP contribution in [0.15, 0.2) is 22.7 Å². The van der Waals surface area contributed by atoms with Gasteiger partial charge in [-0.1, -0.05) is 13.8 Å². The summed E-state index contributed by atoms with van der Waals surface area (Å²) in [5.74, 6) is 1.00. The highest BCUT2D eigenvalue weighted by atomic mass is 79.9. The number of halogens is 1. The van der Waals surface area contributed by atoms with Gasteiger partial charge in [-0.2, -0.15) is 0 Å². The molecule has 1 atom stereocenters. The smallest absolute Gasteiger partial charge is 0.260 e. The van der Waals surface area contributed by atoms with Crippen LogP contribution in [-0.4, -0.2) is 30.4 Å². The zero-order chi connectivity index (χ0) is 14.9. The number of nitrogens with zero attached hydrogens (tertiary/aromatic N) is 1. The van der Waals surface area contributed by atoms with Crippen molar-refractivity contribution < 1.29 is 14.3 Å². The average Bonchev–Trinajstić information content (AvgIpc) is 2.80. The molecule has 1 fully saturated rings. The van der Waals surface area contributed by atoms with Gasteiger partial charge in [0, 0.05) is 18.5 Å². The van der Waals surface area contributed by atoms with E-state index in [0.717, 1.165) is 0 Å². The highest BCUT2D eigenvalue weighted by molar-refractivity contribution is 9.10. The molecule has 20 heavy (non-hydrogen) atoms.